The lowest BCUT2D eigenvalue weighted by Gasteiger charge is -2.15. The Morgan fingerprint density at radius 3 is 2.55 bits per heavy atom. The van der Waals surface area contributed by atoms with E-state index >= 15 is 0 Å². The minimum Gasteiger partial charge on any atom is -0.404 e. The molecule has 0 aliphatic rings. The SMILES string of the molecule is CNC(c1ccc([N+](=O)[O-])o1)c1cc(F)c(F)cc1Cl. The van der Waals surface area contributed by atoms with Gasteiger partial charge in [-0.25, -0.2) is 8.78 Å². The van der Waals surface area contributed by atoms with Gasteiger partial charge in [-0.05, 0) is 30.8 Å². The van der Waals surface area contributed by atoms with Crippen molar-refractivity contribution < 1.29 is 18.1 Å². The molecule has 8 heteroatoms. The van der Waals surface area contributed by atoms with Gasteiger partial charge in [-0.3, -0.25) is 10.1 Å². The topological polar surface area (TPSA) is 68.3 Å². The summed E-state index contributed by atoms with van der Waals surface area (Å²) in [4.78, 5) is 9.89. The minimum atomic E-state index is -1.07. The van der Waals surface area contributed by atoms with Crippen molar-refractivity contribution in [2.45, 2.75) is 6.04 Å². The van der Waals surface area contributed by atoms with Crippen LogP contribution in [0.2, 0.25) is 5.02 Å². The fraction of sp³-hybridized carbons (Fsp3) is 0.167. The van der Waals surface area contributed by atoms with Crippen molar-refractivity contribution in [3.63, 3.8) is 0 Å². The van der Waals surface area contributed by atoms with Gasteiger partial charge >= 0.3 is 5.88 Å². The zero-order chi connectivity index (χ0) is 14.9. The number of hydrogen-bond acceptors (Lipinski definition) is 4. The summed E-state index contributed by atoms with van der Waals surface area (Å²) in [6, 6.07) is 3.58. The molecule has 1 unspecified atom stereocenters. The van der Waals surface area contributed by atoms with Crippen LogP contribution in [0.15, 0.2) is 28.7 Å². The molecule has 0 aliphatic heterocycles. The molecular weight excluding hydrogens is 294 g/mol. The van der Waals surface area contributed by atoms with E-state index in [4.69, 9.17) is 16.0 Å². The van der Waals surface area contributed by atoms with Crippen LogP contribution < -0.4 is 5.32 Å². The molecule has 0 radical (unpaired) electrons. The van der Waals surface area contributed by atoms with Crippen molar-refractivity contribution in [2.24, 2.45) is 0 Å². The molecule has 1 atom stereocenters. The zero-order valence-electron chi connectivity index (χ0n) is 10.2. The molecule has 1 N–H and O–H groups in total. The standard InChI is InChI=1S/C12H9ClF2N2O3/c1-16-12(10-2-3-11(20-10)17(18)19)6-4-8(14)9(15)5-7(6)13/h2-5,12,16H,1H3. The van der Waals surface area contributed by atoms with Gasteiger partial charge in [0.05, 0.1) is 12.1 Å². The predicted molar refractivity (Wildman–Crippen MR) is 67.6 cm³/mol. The first-order chi connectivity index (χ1) is 9.43. The van der Waals surface area contributed by atoms with Crippen LogP contribution in [0.3, 0.4) is 0 Å². The largest absolute Gasteiger partial charge is 0.433 e. The Hall–Kier alpha value is -1.99. The number of nitro groups is 1. The molecule has 5 nitrogen and oxygen atoms in total. The van der Waals surface area contributed by atoms with Crippen molar-refractivity contribution in [1.29, 1.82) is 0 Å². The predicted octanol–water partition coefficient (Wildman–Crippen LogP) is 3.43. The third kappa shape index (κ3) is 2.63. The molecule has 2 rings (SSSR count). The molecule has 0 fully saturated rings. The smallest absolute Gasteiger partial charge is 0.404 e. The van der Waals surface area contributed by atoms with Crippen LogP contribution >= 0.6 is 11.6 Å². The van der Waals surface area contributed by atoms with Crippen molar-refractivity contribution in [2.75, 3.05) is 7.05 Å². The highest BCUT2D eigenvalue weighted by molar-refractivity contribution is 6.31. The van der Waals surface area contributed by atoms with Crippen LogP contribution in [-0.2, 0) is 0 Å². The summed E-state index contributed by atoms with van der Waals surface area (Å²) in [5, 5.41) is 13.4. The van der Waals surface area contributed by atoms with E-state index in [1.54, 1.807) is 0 Å². The fourth-order valence-corrected chi connectivity index (χ4v) is 2.07. The molecular formula is C12H9ClF2N2O3. The summed E-state index contributed by atoms with van der Waals surface area (Å²) in [6.45, 7) is 0. The summed E-state index contributed by atoms with van der Waals surface area (Å²) in [5.41, 5.74) is 0.220. The summed E-state index contributed by atoms with van der Waals surface area (Å²) in [7, 11) is 1.54. The maximum atomic E-state index is 13.3. The minimum absolute atomic E-state index is 0.0118. The first-order valence-corrected chi connectivity index (χ1v) is 5.87. The van der Waals surface area contributed by atoms with Crippen LogP contribution in [0.5, 0.6) is 0 Å². The van der Waals surface area contributed by atoms with E-state index in [0.29, 0.717) is 0 Å². The number of furan rings is 1. The molecule has 0 bridgehead atoms. The molecule has 20 heavy (non-hydrogen) atoms. The highest BCUT2D eigenvalue weighted by Gasteiger charge is 2.23. The Labute approximate surface area is 117 Å². The monoisotopic (exact) mass is 302 g/mol. The molecule has 0 saturated carbocycles. The van der Waals surface area contributed by atoms with Crippen LogP contribution in [0.1, 0.15) is 17.4 Å². The second-order valence-electron chi connectivity index (χ2n) is 3.94. The molecule has 0 aliphatic carbocycles. The molecule has 2 aromatic rings. The molecule has 1 aromatic carbocycles. The van der Waals surface area contributed by atoms with E-state index in [-0.39, 0.29) is 16.3 Å². The maximum Gasteiger partial charge on any atom is 0.433 e. The maximum absolute atomic E-state index is 13.3. The van der Waals surface area contributed by atoms with Gasteiger partial charge in [0.15, 0.2) is 11.6 Å². The highest BCUT2D eigenvalue weighted by Crippen LogP contribution is 2.32. The van der Waals surface area contributed by atoms with Gasteiger partial charge in [0.25, 0.3) is 0 Å². The average Bonchev–Trinajstić information content (AvgIpc) is 2.86. The van der Waals surface area contributed by atoms with Crippen LogP contribution in [0, 0.1) is 21.7 Å². The number of hydrogen-bond donors (Lipinski definition) is 1. The van der Waals surface area contributed by atoms with Gasteiger partial charge in [0.2, 0.25) is 0 Å². The lowest BCUT2D eigenvalue weighted by atomic mass is 10.0. The van der Waals surface area contributed by atoms with E-state index in [9.17, 15) is 18.9 Å². The van der Waals surface area contributed by atoms with E-state index in [2.05, 4.69) is 5.32 Å². The van der Waals surface area contributed by atoms with E-state index < -0.39 is 28.5 Å². The highest BCUT2D eigenvalue weighted by atomic mass is 35.5. The van der Waals surface area contributed by atoms with Crippen molar-refractivity contribution in [1.82, 2.24) is 5.32 Å². The average molecular weight is 303 g/mol. The van der Waals surface area contributed by atoms with Gasteiger partial charge in [-0.15, -0.1) is 0 Å². The first-order valence-electron chi connectivity index (χ1n) is 5.50. The number of halogens is 3. The Morgan fingerprint density at radius 2 is 2.00 bits per heavy atom. The Bertz CT molecular complexity index is 660. The van der Waals surface area contributed by atoms with E-state index in [1.165, 1.54) is 19.2 Å². The molecule has 0 amide bonds. The number of nitrogens with zero attached hydrogens (tertiary/aromatic N) is 1. The van der Waals surface area contributed by atoms with Crippen LogP contribution in [0.25, 0.3) is 0 Å². The second-order valence-corrected chi connectivity index (χ2v) is 4.35. The van der Waals surface area contributed by atoms with Gasteiger partial charge in [0, 0.05) is 5.02 Å². The lowest BCUT2D eigenvalue weighted by Crippen LogP contribution is -2.18. The number of nitrogens with one attached hydrogen (secondary N) is 1. The lowest BCUT2D eigenvalue weighted by molar-refractivity contribution is -0.402. The summed E-state index contributed by atoms with van der Waals surface area (Å²) in [6.07, 6.45) is 0. The van der Waals surface area contributed by atoms with Crippen LogP contribution in [-0.4, -0.2) is 12.0 Å². The summed E-state index contributed by atoms with van der Waals surface area (Å²) < 4.78 is 31.4. The van der Waals surface area contributed by atoms with Crippen molar-refractivity contribution in [3.05, 3.63) is 62.4 Å². The Kier molecular flexibility index (Phi) is 4.01. The molecule has 1 heterocycles. The Morgan fingerprint density at radius 1 is 1.35 bits per heavy atom. The van der Waals surface area contributed by atoms with Crippen LogP contribution in [0.4, 0.5) is 14.7 Å². The third-order valence-electron chi connectivity index (χ3n) is 2.72. The van der Waals surface area contributed by atoms with Crippen molar-refractivity contribution >= 4 is 17.5 Å². The number of benzene rings is 1. The molecule has 1 aromatic heterocycles. The van der Waals surface area contributed by atoms with Gasteiger partial charge in [-0.1, -0.05) is 11.6 Å². The quantitative estimate of drug-likeness (QED) is 0.534. The van der Waals surface area contributed by atoms with Crippen molar-refractivity contribution in [3.8, 4) is 0 Å². The van der Waals surface area contributed by atoms with E-state index in [1.807, 2.05) is 0 Å². The Balaban J connectivity index is 2.46. The summed E-state index contributed by atoms with van der Waals surface area (Å²) in [5.74, 6) is -2.41. The fourth-order valence-electron chi connectivity index (χ4n) is 1.81. The first kappa shape index (κ1) is 14.4. The molecule has 106 valence electrons. The third-order valence-corrected chi connectivity index (χ3v) is 3.04. The second kappa shape index (κ2) is 5.56. The normalized spacial score (nSPS) is 12.4. The van der Waals surface area contributed by atoms with Gasteiger partial charge in [0.1, 0.15) is 10.7 Å². The van der Waals surface area contributed by atoms with E-state index in [0.717, 1.165) is 12.1 Å². The molecule has 0 spiro atoms. The van der Waals surface area contributed by atoms with Gasteiger partial charge in [-0.2, -0.15) is 0 Å². The zero-order valence-corrected chi connectivity index (χ0v) is 10.9. The summed E-state index contributed by atoms with van der Waals surface area (Å²) >= 11 is 5.87. The van der Waals surface area contributed by atoms with Gasteiger partial charge < -0.3 is 9.73 Å². The number of rotatable bonds is 4. The molecule has 0 saturated heterocycles.